The zero-order chi connectivity index (χ0) is 17.5. The van der Waals surface area contributed by atoms with Gasteiger partial charge in [0.05, 0.1) is 12.5 Å². The number of carboxylic acids is 1. The molecule has 1 atom stereocenters. The number of amides is 1. The third-order valence-electron chi connectivity index (χ3n) is 3.64. The number of halogens is 2. The predicted octanol–water partition coefficient (Wildman–Crippen LogP) is 1.83. The molecule has 1 aromatic rings. The van der Waals surface area contributed by atoms with E-state index in [1.165, 1.54) is 4.90 Å². The Morgan fingerprint density at radius 1 is 1.38 bits per heavy atom. The van der Waals surface area contributed by atoms with Gasteiger partial charge in [-0.3, -0.25) is 9.59 Å². The van der Waals surface area contributed by atoms with Gasteiger partial charge in [-0.15, -0.1) is 0 Å². The van der Waals surface area contributed by atoms with Crippen LogP contribution in [0.5, 0.6) is 5.75 Å². The fourth-order valence-electron chi connectivity index (χ4n) is 2.41. The molecule has 1 N–H and O–H groups in total. The van der Waals surface area contributed by atoms with E-state index in [2.05, 4.69) is 0 Å². The first-order valence-corrected chi connectivity index (χ1v) is 7.64. The van der Waals surface area contributed by atoms with Gasteiger partial charge in [-0.05, 0) is 25.0 Å². The van der Waals surface area contributed by atoms with Crippen LogP contribution < -0.4 is 4.74 Å². The fraction of sp³-hybridized carbons (Fsp3) is 0.500. The van der Waals surface area contributed by atoms with E-state index in [-0.39, 0.29) is 31.4 Å². The summed E-state index contributed by atoms with van der Waals surface area (Å²) < 4.78 is 36.9. The molecule has 1 heterocycles. The van der Waals surface area contributed by atoms with Crippen molar-refractivity contribution in [3.05, 3.63) is 29.8 Å². The Hall–Kier alpha value is -2.22. The Morgan fingerprint density at radius 3 is 2.79 bits per heavy atom. The average molecular weight is 343 g/mol. The minimum Gasteiger partial charge on any atom is -0.481 e. The third-order valence-corrected chi connectivity index (χ3v) is 3.64. The number of aliphatic carboxylic acids is 1. The number of ether oxygens (including phenoxy) is 2. The van der Waals surface area contributed by atoms with Crippen molar-refractivity contribution in [1.82, 2.24) is 4.90 Å². The van der Waals surface area contributed by atoms with Crippen LogP contribution >= 0.6 is 0 Å². The molecule has 1 amide bonds. The van der Waals surface area contributed by atoms with E-state index in [0.29, 0.717) is 12.7 Å². The molecule has 0 aromatic heterocycles. The monoisotopic (exact) mass is 343 g/mol. The van der Waals surface area contributed by atoms with Gasteiger partial charge in [0.1, 0.15) is 5.82 Å². The Balaban J connectivity index is 1.93. The molecule has 0 saturated carbocycles. The molecule has 1 aliphatic rings. The molecule has 24 heavy (non-hydrogen) atoms. The highest BCUT2D eigenvalue weighted by Crippen LogP contribution is 2.18. The van der Waals surface area contributed by atoms with E-state index in [1.54, 1.807) is 0 Å². The molecule has 1 unspecified atom stereocenters. The molecule has 1 fully saturated rings. The maximum Gasteiger partial charge on any atom is 0.305 e. The van der Waals surface area contributed by atoms with E-state index in [0.717, 1.165) is 25.0 Å². The number of carbonyl (C=O) groups is 2. The van der Waals surface area contributed by atoms with Gasteiger partial charge in [-0.1, -0.05) is 0 Å². The molecule has 2 rings (SSSR count). The molecule has 132 valence electrons. The smallest absolute Gasteiger partial charge is 0.305 e. The number of hydrogen-bond donors (Lipinski definition) is 1. The molecule has 1 aliphatic heterocycles. The minimum atomic E-state index is -1.02. The van der Waals surface area contributed by atoms with Crippen molar-refractivity contribution in [3.63, 3.8) is 0 Å². The summed E-state index contributed by atoms with van der Waals surface area (Å²) in [6.45, 7) is 0.433. The topological polar surface area (TPSA) is 76.1 Å². The molecule has 0 radical (unpaired) electrons. The molecule has 1 saturated heterocycles. The van der Waals surface area contributed by atoms with E-state index in [9.17, 15) is 18.4 Å². The van der Waals surface area contributed by atoms with Crippen molar-refractivity contribution in [2.24, 2.45) is 0 Å². The van der Waals surface area contributed by atoms with Crippen molar-refractivity contribution < 1.29 is 33.0 Å². The standard InChI is InChI=1S/C16H19F2NO5/c17-11-3-4-14(13(18)8-11)24-10-15(20)19(6-5-16(21)22)9-12-2-1-7-23-12/h3-4,8,12H,1-2,5-7,9-10H2,(H,21,22). The summed E-state index contributed by atoms with van der Waals surface area (Å²) in [6.07, 6.45) is 1.35. The first-order chi connectivity index (χ1) is 11.5. The predicted molar refractivity (Wildman–Crippen MR) is 79.7 cm³/mol. The van der Waals surface area contributed by atoms with Crippen molar-refractivity contribution in [2.75, 3.05) is 26.3 Å². The first kappa shape index (κ1) is 18.1. The number of benzene rings is 1. The lowest BCUT2D eigenvalue weighted by atomic mass is 10.2. The van der Waals surface area contributed by atoms with Crippen molar-refractivity contribution in [1.29, 1.82) is 0 Å². The van der Waals surface area contributed by atoms with Crippen LogP contribution in [0.1, 0.15) is 19.3 Å². The highest BCUT2D eigenvalue weighted by Gasteiger charge is 2.23. The lowest BCUT2D eigenvalue weighted by Crippen LogP contribution is -2.41. The summed E-state index contributed by atoms with van der Waals surface area (Å²) in [5.41, 5.74) is 0. The quantitative estimate of drug-likeness (QED) is 0.779. The van der Waals surface area contributed by atoms with Crippen molar-refractivity contribution in [3.8, 4) is 5.75 Å². The number of rotatable bonds is 8. The molecule has 0 aliphatic carbocycles. The number of nitrogens with zero attached hydrogens (tertiary/aromatic N) is 1. The van der Waals surface area contributed by atoms with E-state index in [4.69, 9.17) is 14.6 Å². The Morgan fingerprint density at radius 2 is 2.17 bits per heavy atom. The van der Waals surface area contributed by atoms with Crippen LogP contribution in [0, 0.1) is 11.6 Å². The third kappa shape index (κ3) is 5.45. The lowest BCUT2D eigenvalue weighted by Gasteiger charge is -2.25. The Labute approximate surface area is 138 Å². The van der Waals surface area contributed by atoms with E-state index < -0.39 is 30.1 Å². The number of carboxylic acid groups (broad SMARTS) is 1. The summed E-state index contributed by atoms with van der Waals surface area (Å²) in [5, 5.41) is 8.79. The summed E-state index contributed by atoms with van der Waals surface area (Å²) in [7, 11) is 0. The molecule has 0 bridgehead atoms. The normalized spacial score (nSPS) is 16.8. The van der Waals surface area contributed by atoms with Crippen molar-refractivity contribution in [2.45, 2.75) is 25.4 Å². The SMILES string of the molecule is O=C(O)CCN(CC1CCCO1)C(=O)COc1ccc(F)cc1F. The van der Waals surface area contributed by atoms with Crippen LogP contribution in [-0.2, 0) is 14.3 Å². The highest BCUT2D eigenvalue weighted by molar-refractivity contribution is 5.78. The minimum absolute atomic E-state index is 0.0171. The first-order valence-electron chi connectivity index (χ1n) is 7.64. The number of carbonyl (C=O) groups excluding carboxylic acids is 1. The summed E-state index contributed by atoms with van der Waals surface area (Å²) in [6, 6.07) is 2.78. The Bertz CT molecular complexity index is 590. The van der Waals surface area contributed by atoms with Crippen LogP contribution in [-0.4, -0.2) is 54.3 Å². The zero-order valence-electron chi connectivity index (χ0n) is 13.0. The van der Waals surface area contributed by atoms with Crippen LogP contribution in [0.15, 0.2) is 18.2 Å². The van der Waals surface area contributed by atoms with Crippen LogP contribution in [0.25, 0.3) is 0 Å². The van der Waals surface area contributed by atoms with Crippen LogP contribution in [0.4, 0.5) is 8.78 Å². The van der Waals surface area contributed by atoms with Gasteiger partial charge in [0.25, 0.3) is 5.91 Å². The number of hydrogen-bond acceptors (Lipinski definition) is 4. The lowest BCUT2D eigenvalue weighted by molar-refractivity contribution is -0.139. The summed E-state index contributed by atoms with van der Waals surface area (Å²) >= 11 is 0. The average Bonchev–Trinajstić information content (AvgIpc) is 3.03. The second kappa shape index (κ2) is 8.58. The van der Waals surface area contributed by atoms with Crippen LogP contribution in [0.3, 0.4) is 0 Å². The zero-order valence-corrected chi connectivity index (χ0v) is 13.0. The van der Waals surface area contributed by atoms with Gasteiger partial charge in [0.15, 0.2) is 18.2 Å². The highest BCUT2D eigenvalue weighted by atomic mass is 19.1. The second-order valence-corrected chi connectivity index (χ2v) is 5.48. The van der Waals surface area contributed by atoms with Crippen molar-refractivity contribution >= 4 is 11.9 Å². The second-order valence-electron chi connectivity index (χ2n) is 5.48. The van der Waals surface area contributed by atoms with E-state index >= 15 is 0 Å². The maximum absolute atomic E-state index is 13.5. The van der Waals surface area contributed by atoms with Gasteiger partial charge in [-0.2, -0.15) is 0 Å². The molecule has 6 nitrogen and oxygen atoms in total. The summed E-state index contributed by atoms with van der Waals surface area (Å²) in [4.78, 5) is 24.3. The van der Waals surface area contributed by atoms with Gasteiger partial charge >= 0.3 is 5.97 Å². The van der Waals surface area contributed by atoms with Gasteiger partial charge < -0.3 is 19.5 Å². The summed E-state index contributed by atoms with van der Waals surface area (Å²) in [5.74, 6) is -3.38. The molecular weight excluding hydrogens is 324 g/mol. The fourth-order valence-corrected chi connectivity index (χ4v) is 2.41. The largest absolute Gasteiger partial charge is 0.481 e. The Kier molecular flexibility index (Phi) is 6.48. The van der Waals surface area contributed by atoms with E-state index in [1.807, 2.05) is 0 Å². The molecule has 0 spiro atoms. The van der Waals surface area contributed by atoms with Gasteiger partial charge in [0, 0.05) is 25.8 Å². The molecule has 8 heteroatoms. The molecular formula is C16H19F2NO5. The van der Waals surface area contributed by atoms with Gasteiger partial charge in [0.2, 0.25) is 0 Å². The van der Waals surface area contributed by atoms with Crippen LogP contribution in [0.2, 0.25) is 0 Å². The molecule has 1 aromatic carbocycles. The maximum atomic E-state index is 13.5. The van der Waals surface area contributed by atoms with Gasteiger partial charge in [-0.25, -0.2) is 8.78 Å².